The van der Waals surface area contributed by atoms with Crippen LogP contribution in [0, 0.1) is 24.0 Å². The number of amides is 2. The Morgan fingerprint density at radius 3 is 2.72 bits per heavy atom. The molecule has 2 fully saturated rings. The molecule has 1 aliphatic heterocycles. The smallest absolute Gasteiger partial charge is 0.271 e. The molecule has 0 radical (unpaired) electrons. The van der Waals surface area contributed by atoms with E-state index in [0.717, 1.165) is 29.7 Å². The number of non-ortho nitro benzene ring substituents is 1. The van der Waals surface area contributed by atoms with E-state index in [1.165, 1.54) is 30.0 Å². The molecule has 166 valence electrons. The number of carbonyl (C=O) groups excluding carboxylic acids is 2. The number of amidine groups is 1. The van der Waals surface area contributed by atoms with E-state index in [1.54, 1.807) is 4.90 Å². The fourth-order valence-electron chi connectivity index (χ4n) is 3.40. The van der Waals surface area contributed by atoms with Gasteiger partial charge in [-0.05, 0) is 49.9 Å². The Labute approximate surface area is 194 Å². The molecule has 1 heterocycles. The Balaban J connectivity index is 1.52. The zero-order valence-corrected chi connectivity index (χ0v) is 19.1. The van der Waals surface area contributed by atoms with Gasteiger partial charge in [-0.25, -0.2) is 4.99 Å². The van der Waals surface area contributed by atoms with Gasteiger partial charge in [-0.2, -0.15) is 0 Å². The van der Waals surface area contributed by atoms with Crippen LogP contribution in [0.2, 0.25) is 5.02 Å². The average molecular weight is 473 g/mol. The molecule has 1 saturated carbocycles. The maximum absolute atomic E-state index is 13.1. The van der Waals surface area contributed by atoms with Crippen molar-refractivity contribution < 1.29 is 14.5 Å². The van der Waals surface area contributed by atoms with E-state index < -0.39 is 16.1 Å². The Morgan fingerprint density at radius 2 is 2.03 bits per heavy atom. The molecule has 10 heteroatoms. The summed E-state index contributed by atoms with van der Waals surface area (Å²) in [5.74, 6) is -0.580. The fraction of sp³-hybridized carbons (Fsp3) is 0.318. The number of nitrogens with one attached hydrogen (secondary N) is 1. The molecule has 1 N–H and O–H groups in total. The third-order valence-corrected chi connectivity index (χ3v) is 6.75. The van der Waals surface area contributed by atoms with E-state index in [9.17, 15) is 19.7 Å². The second-order valence-corrected chi connectivity index (χ2v) is 9.48. The molecular weight excluding hydrogens is 452 g/mol. The number of benzene rings is 2. The lowest BCUT2D eigenvalue weighted by Gasteiger charge is -2.15. The standard InChI is InChI=1S/C22H21ClN4O4S/c1-12-3-4-13(2)17(9-12)25-22-26(14-5-6-14)21(29)19(32-22)11-20(28)24-18-10-15(27(30)31)7-8-16(18)23/h3-4,7-10,14,19H,5-6,11H2,1-2H3,(H,24,28). The molecule has 0 bridgehead atoms. The van der Waals surface area contributed by atoms with Crippen LogP contribution in [0.15, 0.2) is 41.4 Å². The summed E-state index contributed by atoms with van der Waals surface area (Å²) in [5.41, 5.74) is 2.85. The summed E-state index contributed by atoms with van der Waals surface area (Å²) in [4.78, 5) is 42.6. The van der Waals surface area contributed by atoms with Gasteiger partial charge in [0.15, 0.2) is 5.17 Å². The van der Waals surface area contributed by atoms with Crippen molar-refractivity contribution >= 4 is 57.4 Å². The van der Waals surface area contributed by atoms with Crippen molar-refractivity contribution in [2.45, 2.75) is 44.4 Å². The number of halogens is 1. The predicted molar refractivity (Wildman–Crippen MR) is 126 cm³/mol. The predicted octanol–water partition coefficient (Wildman–Crippen LogP) is 4.99. The molecular formula is C22H21ClN4O4S. The second kappa shape index (κ2) is 8.91. The molecule has 4 rings (SSSR count). The van der Waals surface area contributed by atoms with E-state index in [-0.39, 0.29) is 34.8 Å². The third kappa shape index (κ3) is 4.78. The maximum atomic E-state index is 13.1. The lowest BCUT2D eigenvalue weighted by molar-refractivity contribution is -0.384. The van der Waals surface area contributed by atoms with Gasteiger partial charge in [-0.1, -0.05) is 35.5 Å². The van der Waals surface area contributed by atoms with Gasteiger partial charge in [0.05, 0.1) is 21.3 Å². The van der Waals surface area contributed by atoms with Crippen molar-refractivity contribution in [1.29, 1.82) is 0 Å². The number of aryl methyl sites for hydroxylation is 2. The van der Waals surface area contributed by atoms with Gasteiger partial charge < -0.3 is 5.32 Å². The Bertz CT molecular complexity index is 1150. The topological polar surface area (TPSA) is 105 Å². The number of thioether (sulfide) groups is 1. The van der Waals surface area contributed by atoms with Crippen LogP contribution in [0.5, 0.6) is 0 Å². The Morgan fingerprint density at radius 1 is 1.28 bits per heavy atom. The van der Waals surface area contributed by atoms with Crippen LogP contribution in [0.1, 0.15) is 30.4 Å². The summed E-state index contributed by atoms with van der Waals surface area (Å²) >= 11 is 7.35. The van der Waals surface area contributed by atoms with Gasteiger partial charge >= 0.3 is 0 Å². The van der Waals surface area contributed by atoms with Crippen LogP contribution in [0.25, 0.3) is 0 Å². The molecule has 8 nitrogen and oxygen atoms in total. The van der Waals surface area contributed by atoms with Gasteiger partial charge in [0.2, 0.25) is 11.8 Å². The van der Waals surface area contributed by atoms with Crippen LogP contribution in [0.4, 0.5) is 17.1 Å². The summed E-state index contributed by atoms with van der Waals surface area (Å²) in [6.45, 7) is 3.95. The van der Waals surface area contributed by atoms with Crippen LogP contribution in [-0.2, 0) is 9.59 Å². The summed E-state index contributed by atoms with van der Waals surface area (Å²) in [6, 6.07) is 9.92. The first-order valence-electron chi connectivity index (χ1n) is 10.1. The molecule has 2 aliphatic rings. The van der Waals surface area contributed by atoms with Crippen LogP contribution in [0.3, 0.4) is 0 Å². The highest BCUT2D eigenvalue weighted by molar-refractivity contribution is 8.15. The van der Waals surface area contributed by atoms with Crippen molar-refractivity contribution in [1.82, 2.24) is 4.90 Å². The van der Waals surface area contributed by atoms with Crippen molar-refractivity contribution in [3.63, 3.8) is 0 Å². The molecule has 2 aromatic rings. The minimum absolute atomic E-state index is 0.0858. The highest BCUT2D eigenvalue weighted by Gasteiger charge is 2.46. The van der Waals surface area contributed by atoms with Gasteiger partial charge in [0.1, 0.15) is 5.25 Å². The van der Waals surface area contributed by atoms with E-state index in [1.807, 2.05) is 32.0 Å². The summed E-state index contributed by atoms with van der Waals surface area (Å²) in [6.07, 6.45) is 1.75. The zero-order valence-electron chi connectivity index (χ0n) is 17.5. The summed E-state index contributed by atoms with van der Waals surface area (Å²) in [7, 11) is 0. The van der Waals surface area contributed by atoms with Crippen molar-refractivity contribution in [3.05, 3.63) is 62.7 Å². The van der Waals surface area contributed by atoms with Crippen LogP contribution in [-0.4, -0.2) is 38.1 Å². The number of nitro benzene ring substituents is 1. The van der Waals surface area contributed by atoms with Crippen LogP contribution >= 0.6 is 23.4 Å². The number of anilines is 1. The molecule has 2 amide bonds. The number of nitrogens with zero attached hydrogens (tertiary/aromatic N) is 3. The lowest BCUT2D eigenvalue weighted by atomic mass is 10.1. The molecule has 0 spiro atoms. The number of nitro groups is 1. The Kier molecular flexibility index (Phi) is 6.21. The first-order valence-corrected chi connectivity index (χ1v) is 11.4. The van der Waals surface area contributed by atoms with Gasteiger partial charge in [-0.3, -0.25) is 24.6 Å². The van der Waals surface area contributed by atoms with Crippen molar-refractivity contribution in [2.75, 3.05) is 5.32 Å². The number of rotatable bonds is 6. The summed E-state index contributed by atoms with van der Waals surface area (Å²) in [5, 5.41) is 13.8. The normalized spacial score (nSPS) is 19.5. The minimum atomic E-state index is -0.614. The van der Waals surface area contributed by atoms with Crippen molar-refractivity contribution in [2.24, 2.45) is 4.99 Å². The monoisotopic (exact) mass is 472 g/mol. The average Bonchev–Trinajstić information content (AvgIpc) is 3.52. The minimum Gasteiger partial charge on any atom is -0.325 e. The maximum Gasteiger partial charge on any atom is 0.271 e. The summed E-state index contributed by atoms with van der Waals surface area (Å²) < 4.78 is 0. The second-order valence-electron chi connectivity index (χ2n) is 7.90. The van der Waals surface area contributed by atoms with Gasteiger partial charge in [0.25, 0.3) is 5.69 Å². The molecule has 1 unspecified atom stereocenters. The number of carbonyl (C=O) groups is 2. The van der Waals surface area contributed by atoms with E-state index >= 15 is 0 Å². The Hall–Kier alpha value is -2.91. The van der Waals surface area contributed by atoms with Gasteiger partial charge in [-0.15, -0.1) is 0 Å². The van der Waals surface area contributed by atoms with Crippen LogP contribution < -0.4 is 5.32 Å². The van der Waals surface area contributed by atoms with Gasteiger partial charge in [0, 0.05) is 24.6 Å². The molecule has 0 aromatic heterocycles. The van der Waals surface area contributed by atoms with E-state index in [4.69, 9.17) is 16.6 Å². The van der Waals surface area contributed by atoms with E-state index in [0.29, 0.717) is 5.17 Å². The molecule has 1 saturated heterocycles. The largest absolute Gasteiger partial charge is 0.325 e. The lowest BCUT2D eigenvalue weighted by Crippen LogP contribution is -2.35. The number of aliphatic imine (C=N–C) groups is 1. The quantitative estimate of drug-likeness (QED) is 0.471. The number of hydrogen-bond acceptors (Lipinski definition) is 6. The molecule has 1 atom stereocenters. The highest BCUT2D eigenvalue weighted by Crippen LogP contribution is 2.40. The molecule has 1 aliphatic carbocycles. The fourth-order valence-corrected chi connectivity index (χ4v) is 4.77. The highest BCUT2D eigenvalue weighted by atomic mass is 35.5. The number of hydrogen-bond donors (Lipinski definition) is 1. The third-order valence-electron chi connectivity index (χ3n) is 5.27. The first-order chi connectivity index (χ1) is 15.2. The first kappa shape index (κ1) is 22.3. The zero-order chi connectivity index (χ0) is 23.0. The molecule has 2 aromatic carbocycles. The van der Waals surface area contributed by atoms with E-state index in [2.05, 4.69) is 5.32 Å². The van der Waals surface area contributed by atoms with Crippen molar-refractivity contribution in [3.8, 4) is 0 Å². The SMILES string of the molecule is Cc1ccc(C)c(N=C2SC(CC(=O)Nc3cc([N+](=O)[O-])ccc3Cl)C(=O)N2C2CC2)c1. The molecule has 32 heavy (non-hydrogen) atoms.